The smallest absolute Gasteiger partial charge is 0.319 e. The minimum atomic E-state index is 0.0516. The second-order valence-electron chi connectivity index (χ2n) is 8.09. The molecule has 3 heterocycles. The number of hydrogen-bond acceptors (Lipinski definition) is 4. The summed E-state index contributed by atoms with van der Waals surface area (Å²) in [5.74, 6) is 0.198. The van der Waals surface area contributed by atoms with Crippen LogP contribution in [0, 0.1) is 5.92 Å². The van der Waals surface area contributed by atoms with Crippen molar-refractivity contribution in [1.82, 2.24) is 25.0 Å². The number of amides is 3. The van der Waals surface area contributed by atoms with Crippen molar-refractivity contribution >= 4 is 11.9 Å². The lowest BCUT2D eigenvalue weighted by molar-refractivity contribution is -0.127. The molecule has 7 nitrogen and oxygen atoms in total. The fourth-order valence-corrected chi connectivity index (χ4v) is 4.50. The summed E-state index contributed by atoms with van der Waals surface area (Å²) in [5.41, 5.74) is 1.03. The van der Waals surface area contributed by atoms with Crippen LogP contribution < -0.4 is 5.32 Å². The average Bonchev–Trinajstić information content (AvgIpc) is 2.79. The Bertz CT molecular complexity index is 656. The first-order valence-electron chi connectivity index (χ1n) is 11.1. The fraction of sp³-hybridized carbons (Fsp3) is 0.682. The van der Waals surface area contributed by atoms with Crippen molar-refractivity contribution in [3.63, 3.8) is 0 Å². The predicted molar refractivity (Wildman–Crippen MR) is 113 cm³/mol. The molecule has 0 spiro atoms. The first-order chi connectivity index (χ1) is 14.1. The zero-order chi connectivity index (χ0) is 20.6. The lowest BCUT2D eigenvalue weighted by atomic mass is 9.93. The number of piperidine rings is 2. The molecule has 160 valence electrons. The molecule has 1 aromatic rings. The molecule has 2 aliphatic rings. The van der Waals surface area contributed by atoms with Crippen molar-refractivity contribution in [3.05, 3.63) is 30.1 Å². The number of rotatable bonds is 6. The van der Waals surface area contributed by atoms with Crippen LogP contribution in [0.5, 0.6) is 0 Å². The van der Waals surface area contributed by atoms with E-state index in [2.05, 4.69) is 15.2 Å². The van der Waals surface area contributed by atoms with Gasteiger partial charge in [0.25, 0.3) is 0 Å². The maximum Gasteiger partial charge on any atom is 0.319 e. The number of nitrogens with one attached hydrogen (secondary N) is 1. The van der Waals surface area contributed by atoms with Crippen LogP contribution in [0.15, 0.2) is 24.5 Å². The summed E-state index contributed by atoms with van der Waals surface area (Å²) in [7, 11) is 0. The molecule has 0 bridgehead atoms. The predicted octanol–water partition coefficient (Wildman–Crippen LogP) is 2.34. The fourth-order valence-electron chi connectivity index (χ4n) is 4.50. The van der Waals surface area contributed by atoms with E-state index in [9.17, 15) is 9.59 Å². The van der Waals surface area contributed by atoms with Crippen molar-refractivity contribution < 1.29 is 9.59 Å². The summed E-state index contributed by atoms with van der Waals surface area (Å²) < 4.78 is 0. The summed E-state index contributed by atoms with van der Waals surface area (Å²) in [5, 5.41) is 3.08. The SMILES string of the molecule is CCN(CC)C(=O)N1CCC(N2CCC[C@H](C(=O)NCc3cccnc3)C2)CC1. The number of aromatic nitrogens is 1. The number of carbonyl (C=O) groups is 2. The Morgan fingerprint density at radius 2 is 1.93 bits per heavy atom. The molecular formula is C22H35N5O2. The normalized spacial score (nSPS) is 21.0. The highest BCUT2D eigenvalue weighted by atomic mass is 16.2. The minimum Gasteiger partial charge on any atom is -0.352 e. The number of nitrogens with zero attached hydrogens (tertiary/aromatic N) is 4. The lowest BCUT2D eigenvalue weighted by Gasteiger charge is -2.42. The second kappa shape index (κ2) is 10.6. The maximum atomic E-state index is 12.7. The Morgan fingerprint density at radius 3 is 2.59 bits per heavy atom. The van der Waals surface area contributed by atoms with Crippen LogP contribution in [0.3, 0.4) is 0 Å². The van der Waals surface area contributed by atoms with Crippen molar-refractivity contribution in [3.8, 4) is 0 Å². The van der Waals surface area contributed by atoms with Gasteiger partial charge in [-0.25, -0.2) is 4.79 Å². The zero-order valence-electron chi connectivity index (χ0n) is 17.8. The van der Waals surface area contributed by atoms with Crippen LogP contribution in [-0.2, 0) is 11.3 Å². The average molecular weight is 402 g/mol. The standard InChI is InChI=1S/C22H35N5O2/c1-3-25(4-2)22(29)26-13-9-20(10-14-26)27-12-6-8-19(17-27)21(28)24-16-18-7-5-11-23-15-18/h5,7,11,15,19-20H,3-4,6,8-10,12-14,16-17H2,1-2H3,(H,24,28)/t19-/m0/s1. The Morgan fingerprint density at radius 1 is 1.17 bits per heavy atom. The molecule has 1 N–H and O–H groups in total. The molecule has 1 atom stereocenters. The van der Waals surface area contributed by atoms with E-state index in [0.29, 0.717) is 12.6 Å². The van der Waals surface area contributed by atoms with Gasteiger partial charge in [0, 0.05) is 57.7 Å². The monoisotopic (exact) mass is 401 g/mol. The molecular weight excluding hydrogens is 366 g/mol. The van der Waals surface area contributed by atoms with E-state index in [4.69, 9.17) is 0 Å². The number of likely N-dealkylation sites (tertiary alicyclic amines) is 2. The molecule has 3 amide bonds. The summed E-state index contributed by atoms with van der Waals surface area (Å²) in [6.45, 7) is 9.63. The lowest BCUT2D eigenvalue weighted by Crippen LogP contribution is -2.53. The summed E-state index contributed by atoms with van der Waals surface area (Å²) >= 11 is 0. The van der Waals surface area contributed by atoms with Gasteiger partial charge in [0.15, 0.2) is 0 Å². The van der Waals surface area contributed by atoms with Gasteiger partial charge in [-0.3, -0.25) is 14.7 Å². The molecule has 0 radical (unpaired) electrons. The molecule has 7 heteroatoms. The van der Waals surface area contributed by atoms with Crippen molar-refractivity contribution in [1.29, 1.82) is 0 Å². The molecule has 1 aromatic heterocycles. The quantitative estimate of drug-likeness (QED) is 0.794. The highest BCUT2D eigenvalue weighted by molar-refractivity contribution is 5.79. The summed E-state index contributed by atoms with van der Waals surface area (Å²) in [6, 6.07) is 4.51. The van der Waals surface area contributed by atoms with E-state index in [1.807, 2.05) is 35.8 Å². The Hall–Kier alpha value is -2.15. The Balaban J connectivity index is 1.46. The molecule has 29 heavy (non-hydrogen) atoms. The van der Waals surface area contributed by atoms with Gasteiger partial charge in [0.2, 0.25) is 5.91 Å². The Labute approximate surface area is 174 Å². The molecule has 0 aliphatic carbocycles. The van der Waals surface area contributed by atoms with E-state index in [1.165, 1.54) is 0 Å². The van der Waals surface area contributed by atoms with E-state index in [-0.39, 0.29) is 17.9 Å². The first-order valence-corrected chi connectivity index (χ1v) is 11.1. The van der Waals surface area contributed by atoms with Gasteiger partial charge in [0.05, 0.1) is 5.92 Å². The molecule has 3 rings (SSSR count). The van der Waals surface area contributed by atoms with Gasteiger partial charge in [-0.2, -0.15) is 0 Å². The molecule has 0 unspecified atom stereocenters. The van der Waals surface area contributed by atoms with Crippen LogP contribution in [0.25, 0.3) is 0 Å². The van der Waals surface area contributed by atoms with Crippen molar-refractivity contribution in [2.45, 2.75) is 52.1 Å². The van der Waals surface area contributed by atoms with Crippen molar-refractivity contribution in [2.75, 3.05) is 39.3 Å². The van der Waals surface area contributed by atoms with Crippen LogP contribution in [0.4, 0.5) is 4.79 Å². The Kier molecular flexibility index (Phi) is 7.86. The van der Waals surface area contributed by atoms with E-state index >= 15 is 0 Å². The van der Waals surface area contributed by atoms with Gasteiger partial charge in [0.1, 0.15) is 0 Å². The van der Waals surface area contributed by atoms with Crippen LogP contribution in [-0.4, -0.2) is 76.9 Å². The van der Waals surface area contributed by atoms with Gasteiger partial charge in [-0.15, -0.1) is 0 Å². The highest BCUT2D eigenvalue weighted by Gasteiger charge is 2.33. The third-order valence-electron chi connectivity index (χ3n) is 6.30. The molecule has 2 fully saturated rings. The minimum absolute atomic E-state index is 0.0516. The largest absolute Gasteiger partial charge is 0.352 e. The van der Waals surface area contributed by atoms with Gasteiger partial charge >= 0.3 is 6.03 Å². The molecule has 2 aliphatic heterocycles. The maximum absolute atomic E-state index is 12.7. The van der Waals surface area contributed by atoms with Gasteiger partial charge in [-0.1, -0.05) is 6.07 Å². The van der Waals surface area contributed by atoms with Crippen LogP contribution in [0.2, 0.25) is 0 Å². The number of carbonyl (C=O) groups excluding carboxylic acids is 2. The first kappa shape index (κ1) is 21.6. The van der Waals surface area contributed by atoms with E-state index in [1.54, 1.807) is 12.4 Å². The number of hydrogen-bond donors (Lipinski definition) is 1. The second-order valence-corrected chi connectivity index (χ2v) is 8.09. The third-order valence-corrected chi connectivity index (χ3v) is 6.30. The van der Waals surface area contributed by atoms with Gasteiger partial charge < -0.3 is 15.1 Å². The molecule has 0 aromatic carbocycles. The van der Waals surface area contributed by atoms with E-state index in [0.717, 1.165) is 70.5 Å². The number of pyridine rings is 1. The van der Waals surface area contributed by atoms with E-state index < -0.39 is 0 Å². The molecule has 2 saturated heterocycles. The summed E-state index contributed by atoms with van der Waals surface area (Å²) in [4.78, 5) is 35.7. The van der Waals surface area contributed by atoms with Crippen LogP contribution in [0.1, 0.15) is 45.1 Å². The third kappa shape index (κ3) is 5.69. The van der Waals surface area contributed by atoms with Gasteiger partial charge in [-0.05, 0) is 57.7 Å². The number of urea groups is 1. The zero-order valence-corrected chi connectivity index (χ0v) is 17.8. The van der Waals surface area contributed by atoms with Crippen LogP contribution >= 0.6 is 0 Å². The summed E-state index contributed by atoms with van der Waals surface area (Å²) in [6.07, 6.45) is 7.54. The highest BCUT2D eigenvalue weighted by Crippen LogP contribution is 2.24. The molecule has 0 saturated carbocycles. The van der Waals surface area contributed by atoms with Crippen molar-refractivity contribution in [2.24, 2.45) is 5.92 Å². The topological polar surface area (TPSA) is 68.8 Å².